The summed E-state index contributed by atoms with van der Waals surface area (Å²) in [6.45, 7) is 4.05. The average Bonchev–Trinajstić information content (AvgIpc) is 2.66. The minimum Gasteiger partial charge on any atom is -0.445 e. The molecule has 2 unspecified atom stereocenters. The van der Waals surface area contributed by atoms with Gasteiger partial charge in [0.15, 0.2) is 0 Å². The number of thiol groups is 1. The Morgan fingerprint density at radius 3 is 2.76 bits per heavy atom. The molecule has 2 amide bonds. The van der Waals surface area contributed by atoms with E-state index in [-0.39, 0.29) is 17.8 Å². The van der Waals surface area contributed by atoms with Crippen LogP contribution in [0.3, 0.4) is 0 Å². The van der Waals surface area contributed by atoms with Crippen LogP contribution in [0, 0.1) is 0 Å². The summed E-state index contributed by atoms with van der Waals surface area (Å²) in [4.78, 5) is 26.6. The lowest BCUT2D eigenvalue weighted by Crippen LogP contribution is -2.45. The maximum atomic E-state index is 11.9. The molecule has 5 nitrogen and oxygen atoms in total. The zero-order valence-electron chi connectivity index (χ0n) is 10.1. The highest BCUT2D eigenvalue weighted by atomic mass is 32.1. The number of carbonyl (C=O) groups excluding carboxylic acids is 2. The zero-order valence-corrected chi connectivity index (χ0v) is 11.0. The Labute approximate surface area is 107 Å². The first-order valence-electron chi connectivity index (χ1n) is 5.41. The summed E-state index contributed by atoms with van der Waals surface area (Å²) < 4.78 is 4.95. The Morgan fingerprint density at radius 2 is 2.24 bits per heavy atom. The quantitative estimate of drug-likeness (QED) is 0.601. The minimum atomic E-state index is -0.485. The molecule has 0 radical (unpaired) electrons. The van der Waals surface area contributed by atoms with Gasteiger partial charge in [0.25, 0.3) is 0 Å². The van der Waals surface area contributed by atoms with Crippen LogP contribution < -0.4 is 0 Å². The first-order chi connectivity index (χ1) is 7.97. The van der Waals surface area contributed by atoms with E-state index in [0.717, 1.165) is 0 Å². The predicted octanol–water partition coefficient (Wildman–Crippen LogP) is 0.770. The van der Waals surface area contributed by atoms with Crippen LogP contribution in [0.15, 0.2) is 12.7 Å². The highest BCUT2D eigenvalue weighted by Gasteiger charge is 2.39. The molecule has 96 valence electrons. The number of amides is 2. The number of carbonyl (C=O) groups is 2. The van der Waals surface area contributed by atoms with E-state index in [9.17, 15) is 9.59 Å². The van der Waals surface area contributed by atoms with Gasteiger partial charge in [-0.3, -0.25) is 9.69 Å². The topological polar surface area (TPSA) is 49.9 Å². The van der Waals surface area contributed by atoms with Crippen LogP contribution in [0.1, 0.15) is 6.42 Å². The lowest BCUT2D eigenvalue weighted by molar-refractivity contribution is -0.132. The molecule has 1 rings (SSSR count). The Morgan fingerprint density at radius 1 is 1.59 bits per heavy atom. The molecular formula is C11H18N2O3S. The number of hydrogen-bond donors (Lipinski definition) is 1. The summed E-state index contributed by atoms with van der Waals surface area (Å²) in [5, 5.41) is 0.0141. The van der Waals surface area contributed by atoms with Crippen LogP contribution in [-0.4, -0.2) is 60.3 Å². The molecule has 1 aliphatic heterocycles. The van der Waals surface area contributed by atoms with E-state index in [1.165, 1.54) is 15.9 Å². The van der Waals surface area contributed by atoms with Gasteiger partial charge in [-0.15, -0.1) is 0 Å². The Kier molecular flexibility index (Phi) is 4.86. The fourth-order valence-corrected chi connectivity index (χ4v) is 2.14. The van der Waals surface area contributed by atoms with Crippen molar-refractivity contribution in [2.45, 2.75) is 17.7 Å². The second kappa shape index (κ2) is 5.95. The second-order valence-electron chi connectivity index (χ2n) is 4.16. The van der Waals surface area contributed by atoms with Crippen LogP contribution in [-0.2, 0) is 9.53 Å². The van der Waals surface area contributed by atoms with Crippen molar-refractivity contribution in [3.05, 3.63) is 12.7 Å². The molecule has 0 saturated carbocycles. The molecule has 0 aliphatic carbocycles. The SMILES string of the molecule is C=CCOC(=O)N1CC(S)CC1C(=O)N(C)C. The normalized spacial score (nSPS) is 23.4. The number of nitrogens with zero attached hydrogens (tertiary/aromatic N) is 2. The summed E-state index contributed by atoms with van der Waals surface area (Å²) >= 11 is 4.32. The van der Waals surface area contributed by atoms with Gasteiger partial charge in [0, 0.05) is 25.9 Å². The van der Waals surface area contributed by atoms with Crippen molar-refractivity contribution in [2.75, 3.05) is 27.2 Å². The van der Waals surface area contributed by atoms with E-state index >= 15 is 0 Å². The van der Waals surface area contributed by atoms with Gasteiger partial charge in [0.2, 0.25) is 5.91 Å². The van der Waals surface area contributed by atoms with Gasteiger partial charge in [-0.1, -0.05) is 12.7 Å². The van der Waals surface area contributed by atoms with Crippen molar-refractivity contribution in [3.63, 3.8) is 0 Å². The maximum absolute atomic E-state index is 11.9. The monoisotopic (exact) mass is 258 g/mol. The molecule has 0 N–H and O–H groups in total. The molecule has 0 aromatic carbocycles. The third kappa shape index (κ3) is 3.39. The van der Waals surface area contributed by atoms with Gasteiger partial charge in [-0.25, -0.2) is 4.79 Å². The van der Waals surface area contributed by atoms with E-state index in [4.69, 9.17) is 4.74 Å². The highest BCUT2D eigenvalue weighted by Crippen LogP contribution is 2.23. The van der Waals surface area contributed by atoms with Gasteiger partial charge >= 0.3 is 6.09 Å². The summed E-state index contributed by atoms with van der Waals surface area (Å²) in [6, 6.07) is -0.468. The first-order valence-corrected chi connectivity index (χ1v) is 5.92. The summed E-state index contributed by atoms with van der Waals surface area (Å²) in [5.74, 6) is -0.0999. The van der Waals surface area contributed by atoms with E-state index < -0.39 is 12.1 Å². The Bertz CT molecular complexity index is 320. The highest BCUT2D eigenvalue weighted by molar-refractivity contribution is 7.81. The number of likely N-dealkylation sites (tertiary alicyclic amines) is 1. The van der Waals surface area contributed by atoms with Gasteiger partial charge in [-0.2, -0.15) is 12.6 Å². The standard InChI is InChI=1S/C11H18N2O3S/c1-4-5-16-11(15)13-7-8(17)6-9(13)10(14)12(2)3/h4,8-9,17H,1,5-7H2,2-3H3. The van der Waals surface area contributed by atoms with Crippen molar-refractivity contribution >= 4 is 24.6 Å². The van der Waals surface area contributed by atoms with Crippen LogP contribution in [0.4, 0.5) is 4.79 Å². The fraction of sp³-hybridized carbons (Fsp3) is 0.636. The average molecular weight is 258 g/mol. The predicted molar refractivity (Wildman–Crippen MR) is 68.1 cm³/mol. The van der Waals surface area contributed by atoms with Crippen LogP contribution in [0.2, 0.25) is 0 Å². The molecule has 6 heteroatoms. The molecule has 0 spiro atoms. The molecule has 0 aromatic rings. The number of rotatable bonds is 3. The Hall–Kier alpha value is -1.17. The molecule has 1 heterocycles. The number of ether oxygens (including phenoxy) is 1. The van der Waals surface area contributed by atoms with Gasteiger partial charge < -0.3 is 9.64 Å². The van der Waals surface area contributed by atoms with Crippen molar-refractivity contribution < 1.29 is 14.3 Å². The summed E-state index contributed by atoms with van der Waals surface area (Å²) in [6.07, 6.45) is 1.57. The smallest absolute Gasteiger partial charge is 0.410 e. The van der Waals surface area contributed by atoms with Crippen LogP contribution >= 0.6 is 12.6 Å². The third-order valence-electron chi connectivity index (χ3n) is 2.56. The van der Waals surface area contributed by atoms with Crippen LogP contribution in [0.25, 0.3) is 0 Å². The van der Waals surface area contributed by atoms with Crippen molar-refractivity contribution in [2.24, 2.45) is 0 Å². The lowest BCUT2D eigenvalue weighted by atomic mass is 10.2. The molecule has 0 bridgehead atoms. The van der Waals surface area contributed by atoms with Gasteiger partial charge in [0.1, 0.15) is 12.6 Å². The van der Waals surface area contributed by atoms with Crippen molar-refractivity contribution in [1.82, 2.24) is 9.80 Å². The molecular weight excluding hydrogens is 240 g/mol. The van der Waals surface area contributed by atoms with Crippen molar-refractivity contribution in [1.29, 1.82) is 0 Å². The minimum absolute atomic E-state index is 0.0141. The molecule has 1 aliphatic rings. The van der Waals surface area contributed by atoms with E-state index in [1.54, 1.807) is 14.1 Å². The zero-order chi connectivity index (χ0) is 13.0. The first kappa shape index (κ1) is 13.9. The fourth-order valence-electron chi connectivity index (χ4n) is 1.76. The van der Waals surface area contributed by atoms with E-state index in [0.29, 0.717) is 13.0 Å². The van der Waals surface area contributed by atoms with Crippen molar-refractivity contribution in [3.8, 4) is 0 Å². The second-order valence-corrected chi connectivity index (χ2v) is 4.89. The molecule has 17 heavy (non-hydrogen) atoms. The Balaban J connectivity index is 2.71. The molecule has 1 fully saturated rings. The molecule has 2 atom stereocenters. The van der Waals surface area contributed by atoms with E-state index in [2.05, 4.69) is 19.2 Å². The molecule has 1 saturated heterocycles. The summed E-state index contributed by atoms with van der Waals surface area (Å²) in [5.41, 5.74) is 0. The number of hydrogen-bond acceptors (Lipinski definition) is 4. The van der Waals surface area contributed by atoms with Gasteiger partial charge in [-0.05, 0) is 6.42 Å². The lowest BCUT2D eigenvalue weighted by Gasteiger charge is -2.25. The maximum Gasteiger partial charge on any atom is 0.410 e. The third-order valence-corrected chi connectivity index (χ3v) is 2.94. The largest absolute Gasteiger partial charge is 0.445 e. The molecule has 0 aromatic heterocycles. The van der Waals surface area contributed by atoms with Crippen LogP contribution in [0.5, 0.6) is 0 Å². The van der Waals surface area contributed by atoms with E-state index in [1.807, 2.05) is 0 Å². The number of likely N-dealkylation sites (N-methyl/N-ethyl adjacent to an activating group) is 1. The summed E-state index contributed by atoms with van der Waals surface area (Å²) in [7, 11) is 3.34. The van der Waals surface area contributed by atoms with Gasteiger partial charge in [0.05, 0.1) is 0 Å².